The Hall–Kier alpha value is -1.29. The Balaban J connectivity index is 0. The minimum absolute atomic E-state index is 0.896. The van der Waals surface area contributed by atoms with Crippen molar-refractivity contribution in [1.82, 2.24) is 0 Å². The fourth-order valence-corrected chi connectivity index (χ4v) is 0.460. The van der Waals surface area contributed by atoms with Gasteiger partial charge >= 0.3 is 0 Å². The quantitative estimate of drug-likeness (QED) is 0.337. The Kier molecular flexibility index (Phi) is 13.7. The first-order valence-electron chi connectivity index (χ1n) is 4.02. The molecule has 0 amide bonds. The van der Waals surface area contributed by atoms with Gasteiger partial charge in [0.25, 0.3) is 0 Å². The van der Waals surface area contributed by atoms with Crippen molar-refractivity contribution < 1.29 is 0 Å². The van der Waals surface area contributed by atoms with E-state index in [9.17, 15) is 0 Å². The van der Waals surface area contributed by atoms with Crippen LogP contribution in [0.25, 0.3) is 0 Å². The summed E-state index contributed by atoms with van der Waals surface area (Å²) in [7, 11) is 1.72. The molecule has 1 heteroatoms. The molecule has 0 aromatic rings. The summed E-state index contributed by atoms with van der Waals surface area (Å²) in [4.78, 5) is 3.79. The lowest BCUT2D eigenvalue weighted by molar-refractivity contribution is 1.47. The van der Waals surface area contributed by atoms with Crippen molar-refractivity contribution in [1.29, 1.82) is 0 Å². The molecule has 0 heterocycles. The number of aliphatic imine (C=N–C) groups is 1. The molecule has 0 radical (unpaired) electrons. The zero-order valence-corrected chi connectivity index (χ0v) is 8.39. The molecule has 0 fully saturated rings. The highest BCUT2D eigenvalue weighted by atomic mass is 14.6. The first-order valence-corrected chi connectivity index (χ1v) is 4.02. The van der Waals surface area contributed by atoms with E-state index in [1.165, 1.54) is 0 Å². The standard InChI is InChI=1S/C9H11N.C2H6/c1-4-6-9(5-2)7-8-10-3;1-2/h5,7-8H,2H2,1,3H3;1-2H3/b9-7+,10-8?;. The normalized spacial score (nSPS) is 9.50. The third-order valence-corrected chi connectivity index (χ3v) is 0.892. The minimum Gasteiger partial charge on any atom is -0.296 e. The average Bonchev–Trinajstić information content (AvgIpc) is 2.15. The highest BCUT2D eigenvalue weighted by Gasteiger charge is 1.77. The summed E-state index contributed by atoms with van der Waals surface area (Å²) >= 11 is 0. The maximum atomic E-state index is 3.79. The van der Waals surface area contributed by atoms with E-state index < -0.39 is 0 Å². The van der Waals surface area contributed by atoms with Gasteiger partial charge in [-0.2, -0.15) is 0 Å². The van der Waals surface area contributed by atoms with Gasteiger partial charge in [0, 0.05) is 18.8 Å². The van der Waals surface area contributed by atoms with Crippen LogP contribution in [0.1, 0.15) is 20.8 Å². The summed E-state index contributed by atoms with van der Waals surface area (Å²) in [5, 5.41) is 0. The molecule has 0 aromatic carbocycles. The Morgan fingerprint density at radius 1 is 1.42 bits per heavy atom. The second-order valence-corrected chi connectivity index (χ2v) is 1.61. The molecule has 0 aliphatic heterocycles. The lowest BCUT2D eigenvalue weighted by Gasteiger charge is -1.82. The molecular formula is C11H17N. The van der Waals surface area contributed by atoms with Crippen molar-refractivity contribution in [2.45, 2.75) is 20.8 Å². The van der Waals surface area contributed by atoms with Gasteiger partial charge in [-0.25, -0.2) is 0 Å². The summed E-state index contributed by atoms with van der Waals surface area (Å²) in [5.41, 5.74) is 0.896. The molecule has 0 bridgehead atoms. The van der Waals surface area contributed by atoms with Crippen LogP contribution in [-0.4, -0.2) is 13.3 Å². The van der Waals surface area contributed by atoms with Crippen molar-refractivity contribution in [2.24, 2.45) is 4.99 Å². The monoisotopic (exact) mass is 163 g/mol. The van der Waals surface area contributed by atoms with Crippen LogP contribution in [0.2, 0.25) is 0 Å². The second kappa shape index (κ2) is 12.4. The molecule has 12 heavy (non-hydrogen) atoms. The van der Waals surface area contributed by atoms with Crippen LogP contribution in [0.5, 0.6) is 0 Å². The Bertz CT molecular complexity index is 211. The topological polar surface area (TPSA) is 12.4 Å². The Labute approximate surface area is 75.9 Å². The maximum Gasteiger partial charge on any atom is 0.0277 e. The van der Waals surface area contributed by atoms with Crippen molar-refractivity contribution in [2.75, 3.05) is 7.05 Å². The van der Waals surface area contributed by atoms with E-state index in [0.29, 0.717) is 0 Å². The average molecular weight is 163 g/mol. The van der Waals surface area contributed by atoms with Gasteiger partial charge < -0.3 is 0 Å². The molecule has 0 saturated carbocycles. The first-order chi connectivity index (χ1) is 5.85. The van der Waals surface area contributed by atoms with Crippen molar-refractivity contribution in [3.8, 4) is 11.8 Å². The van der Waals surface area contributed by atoms with Crippen LogP contribution in [0.15, 0.2) is 29.3 Å². The van der Waals surface area contributed by atoms with Gasteiger partial charge in [-0.1, -0.05) is 32.4 Å². The molecule has 0 aliphatic carbocycles. The zero-order valence-electron chi connectivity index (χ0n) is 8.39. The molecule has 0 aromatic heterocycles. The predicted molar refractivity (Wildman–Crippen MR) is 57.5 cm³/mol. The van der Waals surface area contributed by atoms with Crippen LogP contribution in [0.4, 0.5) is 0 Å². The van der Waals surface area contributed by atoms with Crippen LogP contribution in [0, 0.1) is 11.8 Å². The highest BCUT2D eigenvalue weighted by molar-refractivity contribution is 5.74. The summed E-state index contributed by atoms with van der Waals surface area (Å²) in [5.74, 6) is 5.65. The van der Waals surface area contributed by atoms with Crippen molar-refractivity contribution >= 4 is 6.21 Å². The molecule has 0 unspecified atom stereocenters. The number of rotatable bonds is 2. The van der Waals surface area contributed by atoms with Gasteiger partial charge in [-0.15, -0.1) is 5.92 Å². The van der Waals surface area contributed by atoms with Gasteiger partial charge in [-0.05, 0) is 13.0 Å². The van der Waals surface area contributed by atoms with E-state index in [1.807, 2.05) is 19.9 Å². The molecular weight excluding hydrogens is 146 g/mol. The molecule has 1 nitrogen and oxygen atoms in total. The molecule has 0 aliphatic rings. The van der Waals surface area contributed by atoms with Gasteiger partial charge in [0.15, 0.2) is 0 Å². The van der Waals surface area contributed by atoms with E-state index in [4.69, 9.17) is 0 Å². The zero-order chi connectivity index (χ0) is 9.82. The van der Waals surface area contributed by atoms with Crippen LogP contribution in [0.3, 0.4) is 0 Å². The molecule has 0 saturated heterocycles. The van der Waals surface area contributed by atoms with Gasteiger partial charge in [0.2, 0.25) is 0 Å². The van der Waals surface area contributed by atoms with E-state index in [0.717, 1.165) is 5.57 Å². The lowest BCUT2D eigenvalue weighted by atomic mass is 10.2. The predicted octanol–water partition coefficient (Wildman–Crippen LogP) is 2.85. The van der Waals surface area contributed by atoms with E-state index in [-0.39, 0.29) is 0 Å². The third-order valence-electron chi connectivity index (χ3n) is 0.892. The maximum absolute atomic E-state index is 3.79. The summed E-state index contributed by atoms with van der Waals surface area (Å²) in [6.45, 7) is 9.39. The lowest BCUT2D eigenvalue weighted by Crippen LogP contribution is -1.72. The minimum atomic E-state index is 0.896. The van der Waals surface area contributed by atoms with Crippen LogP contribution >= 0.6 is 0 Å². The largest absolute Gasteiger partial charge is 0.296 e. The number of nitrogens with zero attached hydrogens (tertiary/aromatic N) is 1. The van der Waals surface area contributed by atoms with Crippen LogP contribution in [-0.2, 0) is 0 Å². The van der Waals surface area contributed by atoms with E-state index in [2.05, 4.69) is 23.4 Å². The van der Waals surface area contributed by atoms with Crippen molar-refractivity contribution in [3.05, 3.63) is 24.3 Å². The van der Waals surface area contributed by atoms with E-state index in [1.54, 1.807) is 26.3 Å². The Morgan fingerprint density at radius 3 is 2.33 bits per heavy atom. The molecule has 0 spiro atoms. The molecule has 0 N–H and O–H groups in total. The summed E-state index contributed by atoms with van der Waals surface area (Å²) < 4.78 is 0. The molecule has 0 rings (SSSR count). The fourth-order valence-electron chi connectivity index (χ4n) is 0.460. The number of hydrogen-bond donors (Lipinski definition) is 0. The summed E-state index contributed by atoms with van der Waals surface area (Å²) in [6, 6.07) is 0. The SMILES string of the molecule is C=C/C(C#CC)=C\C=NC.CC. The van der Waals surface area contributed by atoms with Gasteiger partial charge in [0.1, 0.15) is 0 Å². The Morgan fingerprint density at radius 2 is 2.00 bits per heavy atom. The first kappa shape index (κ1) is 13.3. The van der Waals surface area contributed by atoms with E-state index >= 15 is 0 Å². The summed E-state index contributed by atoms with van der Waals surface area (Å²) in [6.07, 6.45) is 5.23. The molecule has 0 atom stereocenters. The fraction of sp³-hybridized carbons (Fsp3) is 0.364. The number of hydrogen-bond acceptors (Lipinski definition) is 1. The number of allylic oxidation sites excluding steroid dienone is 3. The van der Waals surface area contributed by atoms with Gasteiger partial charge in [-0.3, -0.25) is 4.99 Å². The van der Waals surface area contributed by atoms with Crippen molar-refractivity contribution in [3.63, 3.8) is 0 Å². The third kappa shape index (κ3) is 8.71. The second-order valence-electron chi connectivity index (χ2n) is 1.61. The van der Waals surface area contributed by atoms with Gasteiger partial charge in [0.05, 0.1) is 0 Å². The van der Waals surface area contributed by atoms with Crippen LogP contribution < -0.4 is 0 Å². The molecule has 66 valence electrons. The smallest absolute Gasteiger partial charge is 0.0277 e. The highest BCUT2D eigenvalue weighted by Crippen LogP contribution is 1.89.